The topological polar surface area (TPSA) is 39.1 Å². The van der Waals surface area contributed by atoms with Gasteiger partial charge in [0.05, 0.1) is 5.52 Å². The van der Waals surface area contributed by atoms with Crippen LogP contribution in [0.3, 0.4) is 0 Å². The van der Waals surface area contributed by atoms with Gasteiger partial charge in [0.15, 0.2) is 0 Å². The van der Waals surface area contributed by atoms with Crippen LogP contribution in [0.4, 0.5) is 0 Å². The van der Waals surface area contributed by atoms with Crippen LogP contribution in [0.5, 0.6) is 0 Å². The van der Waals surface area contributed by atoms with Crippen LogP contribution in [-0.4, -0.2) is 10.5 Å². The normalized spacial score (nSPS) is 11.8. The standard InChI is InChI=1S/C21H29NO2/c1-4-5-6-7-8-11-16-21(2,3)20(24)22-18-13-10-9-12-17(18)14-15-19(22)23/h9-10,12-15H,4-8,11,16H2,1-3H3. The van der Waals surface area contributed by atoms with Crippen molar-refractivity contribution in [3.63, 3.8) is 0 Å². The van der Waals surface area contributed by atoms with Crippen molar-refractivity contribution >= 4 is 16.8 Å². The molecule has 2 rings (SSSR count). The molecular formula is C21H29NO2. The highest BCUT2D eigenvalue weighted by molar-refractivity contribution is 5.93. The van der Waals surface area contributed by atoms with Gasteiger partial charge in [0, 0.05) is 11.5 Å². The minimum atomic E-state index is -0.529. The smallest absolute Gasteiger partial charge is 0.257 e. The Bertz CT molecular complexity index is 743. The van der Waals surface area contributed by atoms with Crippen LogP contribution in [-0.2, 0) is 0 Å². The van der Waals surface area contributed by atoms with Gasteiger partial charge in [-0.25, -0.2) is 4.57 Å². The van der Waals surface area contributed by atoms with E-state index < -0.39 is 5.41 Å². The molecule has 1 heterocycles. The number of hydrogen-bond donors (Lipinski definition) is 0. The van der Waals surface area contributed by atoms with Crippen LogP contribution < -0.4 is 5.56 Å². The second-order valence-electron chi connectivity index (χ2n) is 7.27. The number of carbonyl (C=O) groups excluding carboxylic acids is 1. The monoisotopic (exact) mass is 327 g/mol. The molecule has 0 amide bonds. The van der Waals surface area contributed by atoms with Crippen molar-refractivity contribution in [3.05, 3.63) is 46.8 Å². The number of carbonyl (C=O) groups is 1. The Balaban J connectivity index is 2.12. The Labute approximate surface area is 144 Å². The molecule has 0 atom stereocenters. The fourth-order valence-electron chi connectivity index (χ4n) is 3.15. The number of para-hydroxylation sites is 1. The van der Waals surface area contributed by atoms with Gasteiger partial charge in [-0.15, -0.1) is 0 Å². The number of nitrogens with zero attached hydrogens (tertiary/aromatic N) is 1. The molecule has 0 aliphatic carbocycles. The van der Waals surface area contributed by atoms with E-state index in [1.165, 1.54) is 36.3 Å². The predicted octanol–water partition coefficient (Wildman–Crippen LogP) is 5.42. The molecule has 2 aromatic rings. The van der Waals surface area contributed by atoms with Crippen molar-refractivity contribution in [2.24, 2.45) is 5.41 Å². The lowest BCUT2D eigenvalue weighted by molar-refractivity contribution is 0.0730. The van der Waals surface area contributed by atoms with Gasteiger partial charge in [-0.1, -0.05) is 77.5 Å². The third-order valence-corrected chi connectivity index (χ3v) is 4.74. The van der Waals surface area contributed by atoms with Crippen LogP contribution in [0.15, 0.2) is 41.2 Å². The Hall–Kier alpha value is -1.90. The fraction of sp³-hybridized carbons (Fsp3) is 0.524. The van der Waals surface area contributed by atoms with Crippen molar-refractivity contribution in [1.29, 1.82) is 0 Å². The van der Waals surface area contributed by atoms with E-state index in [0.29, 0.717) is 5.52 Å². The second kappa shape index (κ2) is 8.27. The van der Waals surface area contributed by atoms with Crippen LogP contribution >= 0.6 is 0 Å². The summed E-state index contributed by atoms with van der Waals surface area (Å²) >= 11 is 0. The van der Waals surface area contributed by atoms with E-state index in [-0.39, 0.29) is 11.5 Å². The summed E-state index contributed by atoms with van der Waals surface area (Å²) in [6.45, 7) is 6.12. The van der Waals surface area contributed by atoms with Crippen LogP contribution in [0.1, 0.15) is 70.5 Å². The maximum Gasteiger partial charge on any atom is 0.257 e. The number of pyridine rings is 1. The highest BCUT2D eigenvalue weighted by atomic mass is 16.2. The highest BCUT2D eigenvalue weighted by Gasteiger charge is 2.29. The summed E-state index contributed by atoms with van der Waals surface area (Å²) in [6.07, 6.45) is 8.03. The zero-order valence-corrected chi connectivity index (χ0v) is 15.2. The first kappa shape index (κ1) is 18.4. The molecule has 0 unspecified atom stereocenters. The van der Waals surface area contributed by atoms with E-state index in [0.717, 1.165) is 24.6 Å². The molecule has 0 aliphatic rings. The molecule has 0 fully saturated rings. The summed E-state index contributed by atoms with van der Waals surface area (Å²) in [6, 6.07) is 10.8. The average Bonchev–Trinajstić information content (AvgIpc) is 2.57. The van der Waals surface area contributed by atoms with E-state index in [4.69, 9.17) is 0 Å². The Kier molecular flexibility index (Phi) is 6.36. The Morgan fingerprint density at radius 3 is 2.38 bits per heavy atom. The molecule has 0 aliphatic heterocycles. The van der Waals surface area contributed by atoms with Crippen LogP contribution in [0.2, 0.25) is 0 Å². The summed E-state index contributed by atoms with van der Waals surface area (Å²) in [5.41, 5.74) is -0.0700. The number of fused-ring (bicyclic) bond motifs is 1. The van der Waals surface area contributed by atoms with Gasteiger partial charge in [-0.2, -0.15) is 0 Å². The summed E-state index contributed by atoms with van der Waals surface area (Å²) in [5, 5.41) is 0.917. The Morgan fingerprint density at radius 2 is 1.62 bits per heavy atom. The molecule has 0 radical (unpaired) electrons. The molecular weight excluding hydrogens is 298 g/mol. The van der Waals surface area contributed by atoms with E-state index in [2.05, 4.69) is 6.92 Å². The first-order valence-electron chi connectivity index (χ1n) is 9.13. The minimum absolute atomic E-state index is 0.0992. The van der Waals surface area contributed by atoms with Gasteiger partial charge in [0.25, 0.3) is 5.56 Å². The van der Waals surface area contributed by atoms with Crippen molar-refractivity contribution < 1.29 is 4.79 Å². The van der Waals surface area contributed by atoms with Gasteiger partial charge < -0.3 is 0 Å². The molecule has 1 aromatic carbocycles. The molecule has 3 nitrogen and oxygen atoms in total. The zero-order chi connectivity index (χ0) is 17.6. The lowest BCUT2D eigenvalue weighted by atomic mass is 9.85. The van der Waals surface area contributed by atoms with E-state index in [1.54, 1.807) is 6.07 Å². The molecule has 0 saturated heterocycles. The molecule has 3 heteroatoms. The van der Waals surface area contributed by atoms with Gasteiger partial charge >= 0.3 is 0 Å². The maximum absolute atomic E-state index is 13.0. The minimum Gasteiger partial charge on any atom is -0.273 e. The highest BCUT2D eigenvalue weighted by Crippen LogP contribution is 2.27. The first-order valence-corrected chi connectivity index (χ1v) is 9.13. The molecule has 0 bridgehead atoms. The van der Waals surface area contributed by atoms with Crippen molar-refractivity contribution in [2.45, 2.75) is 65.7 Å². The van der Waals surface area contributed by atoms with Gasteiger partial charge in [-0.05, 0) is 23.9 Å². The molecule has 1 aromatic heterocycles. The lowest BCUT2D eigenvalue weighted by Crippen LogP contribution is -2.36. The van der Waals surface area contributed by atoms with Crippen molar-refractivity contribution in [2.75, 3.05) is 0 Å². The first-order chi connectivity index (χ1) is 11.5. The average molecular weight is 327 g/mol. The number of unbranched alkanes of at least 4 members (excludes halogenated alkanes) is 5. The predicted molar refractivity (Wildman–Crippen MR) is 101 cm³/mol. The Morgan fingerprint density at radius 1 is 0.958 bits per heavy atom. The molecule has 0 spiro atoms. The SMILES string of the molecule is CCCCCCCCC(C)(C)C(=O)n1c(=O)ccc2ccccc21. The molecule has 0 N–H and O–H groups in total. The quantitative estimate of drug-likeness (QED) is 0.607. The zero-order valence-electron chi connectivity index (χ0n) is 15.2. The second-order valence-corrected chi connectivity index (χ2v) is 7.27. The van der Waals surface area contributed by atoms with E-state index in [1.807, 2.05) is 38.1 Å². The van der Waals surface area contributed by atoms with Gasteiger partial charge in [0.1, 0.15) is 0 Å². The molecule has 0 saturated carbocycles. The number of benzene rings is 1. The van der Waals surface area contributed by atoms with Gasteiger partial charge in [-0.3, -0.25) is 9.59 Å². The third kappa shape index (κ3) is 4.34. The van der Waals surface area contributed by atoms with E-state index >= 15 is 0 Å². The summed E-state index contributed by atoms with van der Waals surface area (Å²) < 4.78 is 1.35. The third-order valence-electron chi connectivity index (χ3n) is 4.74. The number of aromatic nitrogens is 1. The maximum atomic E-state index is 13.0. The number of hydrogen-bond acceptors (Lipinski definition) is 2. The largest absolute Gasteiger partial charge is 0.273 e. The fourth-order valence-corrected chi connectivity index (χ4v) is 3.15. The van der Waals surface area contributed by atoms with Gasteiger partial charge in [0.2, 0.25) is 5.91 Å². The summed E-state index contributed by atoms with van der Waals surface area (Å²) in [4.78, 5) is 25.3. The van der Waals surface area contributed by atoms with Crippen molar-refractivity contribution in [3.8, 4) is 0 Å². The summed E-state index contributed by atoms with van der Waals surface area (Å²) in [5.74, 6) is -0.0992. The van der Waals surface area contributed by atoms with E-state index in [9.17, 15) is 9.59 Å². The lowest BCUT2D eigenvalue weighted by Gasteiger charge is -2.24. The van der Waals surface area contributed by atoms with Crippen LogP contribution in [0, 0.1) is 5.41 Å². The number of rotatable bonds is 8. The molecule has 24 heavy (non-hydrogen) atoms. The molecule has 130 valence electrons. The van der Waals surface area contributed by atoms with Crippen LogP contribution in [0.25, 0.3) is 10.9 Å². The van der Waals surface area contributed by atoms with Crippen molar-refractivity contribution in [1.82, 2.24) is 4.57 Å². The summed E-state index contributed by atoms with van der Waals surface area (Å²) in [7, 11) is 0.